The number of hydrogen-bond acceptors (Lipinski definition) is 4. The third-order valence-corrected chi connectivity index (χ3v) is 7.43. The lowest BCUT2D eigenvalue weighted by atomic mass is 9.88. The van der Waals surface area contributed by atoms with Gasteiger partial charge in [0.2, 0.25) is 5.91 Å². The average molecular weight is 412 g/mol. The number of amides is 1. The lowest BCUT2D eigenvalue weighted by Gasteiger charge is -2.42. The van der Waals surface area contributed by atoms with Crippen LogP contribution in [0.2, 0.25) is 0 Å². The summed E-state index contributed by atoms with van der Waals surface area (Å²) < 4.78 is 0. The van der Waals surface area contributed by atoms with Crippen molar-refractivity contribution in [3.05, 3.63) is 52.7 Å². The Hall–Kier alpha value is -1.85. The minimum Gasteiger partial charge on any atom is -0.369 e. The number of rotatable bonds is 6. The molecule has 4 rings (SSSR count). The number of anilines is 1. The zero-order chi connectivity index (χ0) is 20.1. The number of carbonyl (C=O) groups excluding carboxylic acids is 1. The van der Waals surface area contributed by atoms with Crippen molar-refractivity contribution >= 4 is 22.9 Å². The maximum Gasteiger partial charge on any atom is 0.223 e. The van der Waals surface area contributed by atoms with Gasteiger partial charge in [-0.1, -0.05) is 43.5 Å². The zero-order valence-electron chi connectivity index (χ0n) is 17.4. The van der Waals surface area contributed by atoms with Gasteiger partial charge in [-0.3, -0.25) is 9.69 Å². The number of piperazine rings is 1. The van der Waals surface area contributed by atoms with Crippen molar-refractivity contribution < 1.29 is 4.79 Å². The van der Waals surface area contributed by atoms with Crippen LogP contribution in [0.1, 0.15) is 49.9 Å². The van der Waals surface area contributed by atoms with E-state index in [0.717, 1.165) is 39.0 Å². The Bertz CT molecular complexity index is 750. The fourth-order valence-corrected chi connectivity index (χ4v) is 5.85. The van der Waals surface area contributed by atoms with E-state index in [1.54, 1.807) is 11.3 Å². The maximum absolute atomic E-state index is 12.9. The third kappa shape index (κ3) is 5.01. The summed E-state index contributed by atoms with van der Waals surface area (Å²) in [4.78, 5) is 19.3. The van der Waals surface area contributed by atoms with Gasteiger partial charge in [0.05, 0.1) is 6.04 Å². The van der Waals surface area contributed by atoms with Crippen LogP contribution in [-0.2, 0) is 4.79 Å². The first-order valence-electron chi connectivity index (χ1n) is 11.1. The van der Waals surface area contributed by atoms with Gasteiger partial charge in [-0.25, -0.2) is 0 Å². The molecule has 2 heterocycles. The molecule has 1 aromatic heterocycles. The summed E-state index contributed by atoms with van der Waals surface area (Å²) in [5.41, 5.74) is 1.30. The van der Waals surface area contributed by atoms with Gasteiger partial charge < -0.3 is 10.2 Å². The first-order chi connectivity index (χ1) is 14.2. The predicted molar refractivity (Wildman–Crippen MR) is 121 cm³/mol. The monoisotopic (exact) mass is 411 g/mol. The van der Waals surface area contributed by atoms with Gasteiger partial charge in [-0.2, -0.15) is 0 Å². The third-order valence-electron chi connectivity index (χ3n) is 6.48. The van der Waals surface area contributed by atoms with Crippen LogP contribution in [0, 0.1) is 5.92 Å². The van der Waals surface area contributed by atoms with Gasteiger partial charge in [-0.15, -0.1) is 11.3 Å². The molecule has 0 spiro atoms. The highest BCUT2D eigenvalue weighted by atomic mass is 32.1. The molecule has 1 aliphatic heterocycles. The summed E-state index contributed by atoms with van der Waals surface area (Å²) in [6.07, 6.45) is 5.78. The predicted octanol–water partition coefficient (Wildman–Crippen LogP) is 4.70. The normalized spacial score (nSPS) is 20.9. The smallest absolute Gasteiger partial charge is 0.223 e. The van der Waals surface area contributed by atoms with Crippen molar-refractivity contribution in [3.63, 3.8) is 0 Å². The molecule has 1 N–H and O–H groups in total. The fraction of sp³-hybridized carbons (Fsp3) is 0.542. The molecule has 1 aromatic carbocycles. The first kappa shape index (κ1) is 20.4. The molecule has 1 saturated heterocycles. The summed E-state index contributed by atoms with van der Waals surface area (Å²) in [6, 6.07) is 15.4. The van der Waals surface area contributed by atoms with Crippen LogP contribution < -0.4 is 10.2 Å². The van der Waals surface area contributed by atoms with Crippen LogP contribution in [0.3, 0.4) is 0 Å². The van der Waals surface area contributed by atoms with Crippen LogP contribution >= 0.6 is 11.3 Å². The van der Waals surface area contributed by atoms with E-state index in [0.29, 0.717) is 0 Å². The van der Waals surface area contributed by atoms with Crippen LogP contribution in [-0.4, -0.2) is 43.0 Å². The topological polar surface area (TPSA) is 35.6 Å². The van der Waals surface area contributed by atoms with Crippen molar-refractivity contribution in [1.82, 2.24) is 10.2 Å². The number of para-hydroxylation sites is 1. The summed E-state index contributed by atoms with van der Waals surface area (Å²) >= 11 is 1.81. The first-order valence-corrected chi connectivity index (χ1v) is 12.0. The standard InChI is InChI=1S/C24H33N3OS/c1-19(25-24(28)20-9-4-2-5-10-20)23(22-13-8-18-29-22)27-16-14-26(15-17-27)21-11-6-3-7-12-21/h3,6-8,11-13,18-20,23H,2,4-5,9-10,14-17H2,1H3,(H,25,28)/t19-,23+/m0/s1. The number of hydrogen-bond donors (Lipinski definition) is 1. The molecule has 2 atom stereocenters. The Labute approximate surface area is 178 Å². The Kier molecular flexibility index (Phi) is 6.88. The molecule has 2 aliphatic rings. The summed E-state index contributed by atoms with van der Waals surface area (Å²) in [6.45, 7) is 6.27. The van der Waals surface area contributed by atoms with Crippen molar-refractivity contribution in [2.24, 2.45) is 5.92 Å². The summed E-state index contributed by atoms with van der Waals surface area (Å²) in [5.74, 6) is 0.479. The molecule has 0 bridgehead atoms. The molecule has 1 aliphatic carbocycles. The van der Waals surface area contributed by atoms with Gasteiger partial charge in [-0.05, 0) is 43.3 Å². The maximum atomic E-state index is 12.9. The van der Waals surface area contributed by atoms with Gasteiger partial charge in [0.15, 0.2) is 0 Å². The van der Waals surface area contributed by atoms with E-state index in [9.17, 15) is 4.79 Å². The van der Waals surface area contributed by atoms with Crippen LogP contribution in [0.5, 0.6) is 0 Å². The van der Waals surface area contributed by atoms with E-state index in [1.807, 2.05) is 0 Å². The Morgan fingerprint density at radius 1 is 1.00 bits per heavy atom. The number of nitrogens with one attached hydrogen (secondary N) is 1. The number of thiophene rings is 1. The molecule has 4 nitrogen and oxygen atoms in total. The summed E-state index contributed by atoms with van der Waals surface area (Å²) in [7, 11) is 0. The molecule has 1 amide bonds. The number of benzene rings is 1. The average Bonchev–Trinajstić information content (AvgIpc) is 3.30. The van der Waals surface area contributed by atoms with Crippen molar-refractivity contribution in [2.75, 3.05) is 31.1 Å². The van der Waals surface area contributed by atoms with E-state index >= 15 is 0 Å². The Morgan fingerprint density at radius 2 is 1.72 bits per heavy atom. The van der Waals surface area contributed by atoms with Gasteiger partial charge in [0.25, 0.3) is 0 Å². The molecule has 5 heteroatoms. The molecule has 2 fully saturated rings. The van der Waals surface area contributed by atoms with Gasteiger partial charge >= 0.3 is 0 Å². The summed E-state index contributed by atoms with van der Waals surface area (Å²) in [5, 5.41) is 5.54. The van der Waals surface area contributed by atoms with E-state index in [4.69, 9.17) is 0 Å². The van der Waals surface area contributed by atoms with E-state index in [2.05, 4.69) is 69.9 Å². The lowest BCUT2D eigenvalue weighted by Crippen LogP contribution is -2.53. The molecule has 1 saturated carbocycles. The van der Waals surface area contributed by atoms with Crippen molar-refractivity contribution in [2.45, 2.75) is 51.1 Å². The number of nitrogens with zero attached hydrogens (tertiary/aromatic N) is 2. The largest absolute Gasteiger partial charge is 0.369 e. The molecular formula is C24H33N3OS. The van der Waals surface area contributed by atoms with Crippen LogP contribution in [0.4, 0.5) is 5.69 Å². The molecule has 0 unspecified atom stereocenters. The highest BCUT2D eigenvalue weighted by Crippen LogP contribution is 2.31. The SMILES string of the molecule is C[C@H](NC(=O)C1CCCCC1)[C@H](c1cccs1)N1CCN(c2ccccc2)CC1. The Balaban J connectivity index is 1.42. The number of carbonyl (C=O) groups is 1. The minimum atomic E-state index is 0.117. The lowest BCUT2D eigenvalue weighted by molar-refractivity contribution is -0.127. The highest BCUT2D eigenvalue weighted by molar-refractivity contribution is 7.10. The second-order valence-corrected chi connectivity index (χ2v) is 9.43. The van der Waals surface area contributed by atoms with E-state index in [1.165, 1.54) is 29.8 Å². The molecule has 2 aromatic rings. The Morgan fingerprint density at radius 3 is 2.38 bits per heavy atom. The fourth-order valence-electron chi connectivity index (χ4n) is 4.89. The molecule has 29 heavy (non-hydrogen) atoms. The molecular weight excluding hydrogens is 378 g/mol. The minimum absolute atomic E-state index is 0.117. The molecule has 0 radical (unpaired) electrons. The molecule has 156 valence electrons. The van der Waals surface area contributed by atoms with Gasteiger partial charge in [0.1, 0.15) is 0 Å². The van der Waals surface area contributed by atoms with Crippen LogP contribution in [0.15, 0.2) is 47.8 Å². The van der Waals surface area contributed by atoms with Crippen LogP contribution in [0.25, 0.3) is 0 Å². The second-order valence-electron chi connectivity index (χ2n) is 8.45. The highest BCUT2D eigenvalue weighted by Gasteiger charge is 2.32. The van der Waals surface area contributed by atoms with Crippen molar-refractivity contribution in [3.8, 4) is 0 Å². The van der Waals surface area contributed by atoms with Crippen molar-refractivity contribution in [1.29, 1.82) is 0 Å². The quantitative estimate of drug-likeness (QED) is 0.749. The zero-order valence-corrected chi connectivity index (χ0v) is 18.2. The van der Waals surface area contributed by atoms with E-state index in [-0.39, 0.29) is 23.9 Å². The van der Waals surface area contributed by atoms with Gasteiger partial charge in [0, 0.05) is 48.7 Å². The van der Waals surface area contributed by atoms with E-state index < -0.39 is 0 Å². The second kappa shape index (κ2) is 9.77.